The molecular formula is C14H30IN3OS. The molecule has 0 aromatic rings. The van der Waals surface area contributed by atoms with Gasteiger partial charge in [0, 0.05) is 38.6 Å². The summed E-state index contributed by atoms with van der Waals surface area (Å²) in [5.41, 5.74) is 0. The third-order valence-electron chi connectivity index (χ3n) is 3.14. The Balaban J connectivity index is 0.00000361. The predicted octanol–water partition coefficient (Wildman–Crippen LogP) is 2.87. The molecule has 1 saturated heterocycles. The van der Waals surface area contributed by atoms with Crippen molar-refractivity contribution >= 4 is 41.7 Å². The Labute approximate surface area is 145 Å². The zero-order valence-electron chi connectivity index (χ0n) is 12.8. The summed E-state index contributed by atoms with van der Waals surface area (Å²) in [6.07, 6.45) is 6.09. The van der Waals surface area contributed by atoms with Crippen LogP contribution < -0.4 is 10.6 Å². The minimum atomic E-state index is 0. The van der Waals surface area contributed by atoms with Gasteiger partial charge in [-0.1, -0.05) is 13.3 Å². The zero-order chi connectivity index (χ0) is 13.8. The molecule has 0 aromatic carbocycles. The van der Waals surface area contributed by atoms with Gasteiger partial charge in [0.2, 0.25) is 0 Å². The van der Waals surface area contributed by atoms with Crippen LogP contribution in [-0.2, 0) is 4.74 Å². The van der Waals surface area contributed by atoms with Gasteiger partial charge in [-0.25, -0.2) is 0 Å². The molecule has 0 saturated carbocycles. The predicted molar refractivity (Wildman–Crippen MR) is 101 cm³/mol. The van der Waals surface area contributed by atoms with E-state index in [2.05, 4.69) is 34.3 Å². The van der Waals surface area contributed by atoms with E-state index in [4.69, 9.17) is 4.74 Å². The molecule has 1 unspecified atom stereocenters. The van der Waals surface area contributed by atoms with Crippen LogP contribution in [0.25, 0.3) is 0 Å². The zero-order valence-corrected chi connectivity index (χ0v) is 16.0. The number of nitrogens with one attached hydrogen (secondary N) is 2. The second-order valence-corrected chi connectivity index (χ2v) is 6.24. The van der Waals surface area contributed by atoms with Crippen molar-refractivity contribution in [1.82, 2.24) is 10.6 Å². The Hall–Kier alpha value is 0.310. The highest BCUT2D eigenvalue weighted by Gasteiger charge is 2.15. The number of hydrogen-bond donors (Lipinski definition) is 2. The Morgan fingerprint density at radius 2 is 2.10 bits per heavy atom. The fraction of sp³-hybridized carbons (Fsp3) is 0.929. The molecule has 1 atom stereocenters. The third kappa shape index (κ3) is 10.1. The summed E-state index contributed by atoms with van der Waals surface area (Å²) in [6, 6.07) is 0. The van der Waals surface area contributed by atoms with Crippen LogP contribution in [0.4, 0.5) is 0 Å². The maximum atomic E-state index is 5.53. The first kappa shape index (κ1) is 20.3. The highest BCUT2D eigenvalue weighted by molar-refractivity contribution is 14.0. The first-order chi connectivity index (χ1) is 9.36. The number of halogens is 1. The van der Waals surface area contributed by atoms with Crippen molar-refractivity contribution in [2.24, 2.45) is 4.99 Å². The van der Waals surface area contributed by atoms with Gasteiger partial charge < -0.3 is 15.4 Å². The summed E-state index contributed by atoms with van der Waals surface area (Å²) in [5, 5.41) is 7.49. The molecule has 20 heavy (non-hydrogen) atoms. The van der Waals surface area contributed by atoms with E-state index in [-0.39, 0.29) is 24.0 Å². The smallest absolute Gasteiger partial charge is 0.191 e. The lowest BCUT2D eigenvalue weighted by Crippen LogP contribution is -2.40. The number of guanidine groups is 1. The quantitative estimate of drug-likeness (QED) is 0.263. The van der Waals surface area contributed by atoms with Crippen LogP contribution >= 0.6 is 35.7 Å². The van der Waals surface area contributed by atoms with Crippen molar-refractivity contribution in [2.45, 2.75) is 44.3 Å². The molecule has 120 valence electrons. The molecule has 0 spiro atoms. The molecule has 1 aliphatic rings. The number of ether oxygens (including phenoxy) is 1. The molecule has 1 heterocycles. The number of hydrogen-bond acceptors (Lipinski definition) is 3. The fourth-order valence-corrected chi connectivity index (χ4v) is 3.17. The van der Waals surface area contributed by atoms with E-state index in [1.165, 1.54) is 25.0 Å². The first-order valence-electron chi connectivity index (χ1n) is 7.50. The van der Waals surface area contributed by atoms with Crippen LogP contribution in [-0.4, -0.2) is 50.3 Å². The number of aliphatic imine (C=N–C) groups is 1. The molecule has 2 N–H and O–H groups in total. The molecular weight excluding hydrogens is 385 g/mol. The molecule has 6 heteroatoms. The van der Waals surface area contributed by atoms with Gasteiger partial charge in [-0.2, -0.15) is 11.8 Å². The van der Waals surface area contributed by atoms with Gasteiger partial charge in [-0.05, 0) is 31.4 Å². The standard InChI is InChI=1S/C14H29N3OS.HI/c1-3-4-9-18-10-6-8-16-14(15-2)17-12-13-7-5-11-19-13;/h13H,3-12H2,1-2H3,(H2,15,16,17);1H. The molecule has 4 nitrogen and oxygen atoms in total. The molecule has 0 aliphatic carbocycles. The van der Waals surface area contributed by atoms with Gasteiger partial charge in [0.1, 0.15) is 0 Å². The minimum Gasteiger partial charge on any atom is -0.381 e. The monoisotopic (exact) mass is 415 g/mol. The second kappa shape index (κ2) is 14.3. The SMILES string of the molecule is CCCCOCCCNC(=NC)NCC1CCCS1.I. The lowest BCUT2D eigenvalue weighted by Gasteiger charge is -2.14. The number of unbranched alkanes of at least 4 members (excludes halogenated alkanes) is 1. The van der Waals surface area contributed by atoms with E-state index in [1.807, 2.05) is 7.05 Å². The van der Waals surface area contributed by atoms with Gasteiger partial charge in [-0.3, -0.25) is 4.99 Å². The van der Waals surface area contributed by atoms with E-state index in [0.717, 1.165) is 50.4 Å². The normalized spacial score (nSPS) is 18.7. The van der Waals surface area contributed by atoms with Crippen molar-refractivity contribution in [2.75, 3.05) is 39.1 Å². The first-order valence-corrected chi connectivity index (χ1v) is 8.55. The average Bonchev–Trinajstić information content (AvgIpc) is 2.94. The van der Waals surface area contributed by atoms with Crippen LogP contribution in [0.2, 0.25) is 0 Å². The van der Waals surface area contributed by atoms with Crippen molar-refractivity contribution in [3.8, 4) is 0 Å². The Morgan fingerprint density at radius 1 is 1.30 bits per heavy atom. The minimum absolute atomic E-state index is 0. The summed E-state index contributed by atoms with van der Waals surface area (Å²) < 4.78 is 5.53. The van der Waals surface area contributed by atoms with Crippen LogP contribution in [0.1, 0.15) is 39.0 Å². The van der Waals surface area contributed by atoms with Gasteiger partial charge in [0.05, 0.1) is 0 Å². The second-order valence-electron chi connectivity index (χ2n) is 4.83. The molecule has 0 aromatic heterocycles. The molecule has 0 amide bonds. The summed E-state index contributed by atoms with van der Waals surface area (Å²) in [6.45, 7) is 5.86. The van der Waals surface area contributed by atoms with Crippen LogP contribution in [0.5, 0.6) is 0 Å². The Morgan fingerprint density at radius 3 is 2.75 bits per heavy atom. The summed E-state index contributed by atoms with van der Waals surface area (Å²) >= 11 is 2.07. The molecule has 1 aliphatic heterocycles. The largest absolute Gasteiger partial charge is 0.381 e. The van der Waals surface area contributed by atoms with Crippen molar-refractivity contribution in [3.05, 3.63) is 0 Å². The van der Waals surface area contributed by atoms with Gasteiger partial charge >= 0.3 is 0 Å². The van der Waals surface area contributed by atoms with Crippen LogP contribution in [0.15, 0.2) is 4.99 Å². The third-order valence-corrected chi connectivity index (χ3v) is 4.54. The molecule has 0 radical (unpaired) electrons. The van der Waals surface area contributed by atoms with Crippen LogP contribution in [0.3, 0.4) is 0 Å². The summed E-state index contributed by atoms with van der Waals surface area (Å²) in [5.74, 6) is 2.23. The summed E-state index contributed by atoms with van der Waals surface area (Å²) in [4.78, 5) is 4.24. The van der Waals surface area contributed by atoms with E-state index < -0.39 is 0 Å². The Bertz CT molecular complexity index is 249. The lowest BCUT2D eigenvalue weighted by atomic mass is 10.2. The lowest BCUT2D eigenvalue weighted by molar-refractivity contribution is 0.129. The van der Waals surface area contributed by atoms with E-state index in [0.29, 0.717) is 0 Å². The maximum Gasteiger partial charge on any atom is 0.191 e. The molecule has 0 bridgehead atoms. The number of rotatable bonds is 9. The number of thioether (sulfide) groups is 1. The molecule has 1 fully saturated rings. The van der Waals surface area contributed by atoms with Gasteiger partial charge in [-0.15, -0.1) is 24.0 Å². The van der Waals surface area contributed by atoms with Gasteiger partial charge in [0.15, 0.2) is 5.96 Å². The van der Waals surface area contributed by atoms with Crippen LogP contribution in [0, 0.1) is 0 Å². The van der Waals surface area contributed by atoms with Crippen molar-refractivity contribution in [1.29, 1.82) is 0 Å². The summed E-state index contributed by atoms with van der Waals surface area (Å²) in [7, 11) is 1.83. The fourth-order valence-electron chi connectivity index (χ4n) is 1.97. The maximum absolute atomic E-state index is 5.53. The van der Waals surface area contributed by atoms with E-state index in [1.54, 1.807) is 0 Å². The van der Waals surface area contributed by atoms with E-state index in [9.17, 15) is 0 Å². The average molecular weight is 415 g/mol. The number of nitrogens with zero attached hydrogens (tertiary/aromatic N) is 1. The Kier molecular flexibility index (Phi) is 14.5. The molecule has 1 rings (SSSR count). The highest BCUT2D eigenvalue weighted by atomic mass is 127. The van der Waals surface area contributed by atoms with Crippen molar-refractivity contribution < 1.29 is 4.74 Å². The topological polar surface area (TPSA) is 45.6 Å². The highest BCUT2D eigenvalue weighted by Crippen LogP contribution is 2.25. The van der Waals surface area contributed by atoms with Crippen molar-refractivity contribution in [3.63, 3.8) is 0 Å². The van der Waals surface area contributed by atoms with Gasteiger partial charge in [0.25, 0.3) is 0 Å². The van der Waals surface area contributed by atoms with E-state index >= 15 is 0 Å².